The number of hydrogen-bond donors (Lipinski definition) is 2. The van der Waals surface area contributed by atoms with Gasteiger partial charge in [0.1, 0.15) is 5.75 Å². The topological polar surface area (TPSA) is 84.5 Å². The normalized spacial score (nSPS) is 11.2. The molecule has 2 aromatic rings. The minimum absolute atomic E-state index is 0.115. The van der Waals surface area contributed by atoms with Crippen molar-refractivity contribution >= 4 is 15.9 Å². The zero-order chi connectivity index (χ0) is 19.0. The van der Waals surface area contributed by atoms with Crippen molar-refractivity contribution in [2.45, 2.75) is 24.7 Å². The van der Waals surface area contributed by atoms with Crippen LogP contribution in [-0.4, -0.2) is 34.5 Å². The van der Waals surface area contributed by atoms with Crippen LogP contribution < -0.4 is 14.8 Å². The molecule has 2 rings (SSSR count). The first-order valence-electron chi connectivity index (χ1n) is 8.37. The molecule has 0 heterocycles. The highest BCUT2D eigenvalue weighted by Crippen LogP contribution is 2.12. The minimum Gasteiger partial charge on any atom is -0.497 e. The van der Waals surface area contributed by atoms with Crippen LogP contribution in [0.4, 0.5) is 0 Å². The van der Waals surface area contributed by atoms with Crippen molar-refractivity contribution in [2.75, 3.05) is 20.2 Å². The van der Waals surface area contributed by atoms with Gasteiger partial charge >= 0.3 is 0 Å². The van der Waals surface area contributed by atoms with E-state index >= 15 is 0 Å². The Balaban J connectivity index is 1.70. The first-order chi connectivity index (χ1) is 12.4. The summed E-state index contributed by atoms with van der Waals surface area (Å²) >= 11 is 0. The lowest BCUT2D eigenvalue weighted by molar-refractivity contribution is -0.121. The second-order valence-electron chi connectivity index (χ2n) is 5.91. The predicted octanol–water partition coefficient (Wildman–Crippen LogP) is 2.03. The number of nitrogens with one attached hydrogen (secondary N) is 2. The van der Waals surface area contributed by atoms with Crippen molar-refractivity contribution in [3.8, 4) is 5.75 Å². The maximum Gasteiger partial charge on any atom is 0.240 e. The molecule has 0 aliphatic rings. The van der Waals surface area contributed by atoms with Crippen LogP contribution in [0.3, 0.4) is 0 Å². The number of benzene rings is 2. The maximum atomic E-state index is 12.1. The third-order valence-corrected chi connectivity index (χ3v) is 5.35. The van der Waals surface area contributed by atoms with Gasteiger partial charge in [0.15, 0.2) is 0 Å². The predicted molar refractivity (Wildman–Crippen MR) is 101 cm³/mol. The van der Waals surface area contributed by atoms with Crippen LogP contribution in [0.5, 0.6) is 5.75 Å². The van der Waals surface area contributed by atoms with Crippen LogP contribution in [0.1, 0.15) is 17.5 Å². The van der Waals surface area contributed by atoms with Gasteiger partial charge in [-0.1, -0.05) is 29.8 Å². The van der Waals surface area contributed by atoms with Crippen LogP contribution in [-0.2, 0) is 21.2 Å². The number of carbonyl (C=O) groups excluding carboxylic acids is 1. The maximum absolute atomic E-state index is 12.1. The van der Waals surface area contributed by atoms with Crippen molar-refractivity contribution in [3.63, 3.8) is 0 Å². The molecule has 0 aliphatic heterocycles. The second kappa shape index (κ2) is 9.35. The van der Waals surface area contributed by atoms with Gasteiger partial charge in [-0.25, -0.2) is 13.1 Å². The zero-order valence-electron chi connectivity index (χ0n) is 15.0. The smallest absolute Gasteiger partial charge is 0.240 e. The fraction of sp³-hybridized carbons (Fsp3) is 0.316. The van der Waals surface area contributed by atoms with Crippen molar-refractivity contribution < 1.29 is 17.9 Å². The van der Waals surface area contributed by atoms with Gasteiger partial charge in [-0.2, -0.15) is 0 Å². The molecule has 0 saturated carbocycles. The van der Waals surface area contributed by atoms with E-state index in [0.717, 1.165) is 16.9 Å². The van der Waals surface area contributed by atoms with Gasteiger partial charge in [-0.3, -0.25) is 4.79 Å². The first-order valence-corrected chi connectivity index (χ1v) is 9.85. The van der Waals surface area contributed by atoms with Gasteiger partial charge in [0.05, 0.1) is 12.0 Å². The van der Waals surface area contributed by atoms with E-state index < -0.39 is 10.0 Å². The summed E-state index contributed by atoms with van der Waals surface area (Å²) in [6.45, 7) is 2.28. The number of carbonyl (C=O) groups is 1. The standard InChI is InChI=1S/C19H24N2O4S/c1-15-3-10-18(11-4-15)26(23,24)21-14-13-20-19(22)12-7-16-5-8-17(25-2)9-6-16/h3-6,8-11,21H,7,12-14H2,1-2H3,(H,20,22). The van der Waals surface area contributed by atoms with E-state index in [1.807, 2.05) is 31.2 Å². The molecule has 0 aromatic heterocycles. The molecule has 2 aromatic carbocycles. The summed E-state index contributed by atoms with van der Waals surface area (Å²) in [7, 11) is -1.94. The Hall–Kier alpha value is -2.38. The van der Waals surface area contributed by atoms with Crippen LogP contribution in [0.25, 0.3) is 0 Å². The molecule has 0 radical (unpaired) electrons. The Kier molecular flexibility index (Phi) is 7.17. The number of rotatable bonds is 9. The lowest BCUT2D eigenvalue weighted by Gasteiger charge is -2.08. The third-order valence-electron chi connectivity index (χ3n) is 3.87. The van der Waals surface area contributed by atoms with Crippen LogP contribution in [0.15, 0.2) is 53.4 Å². The van der Waals surface area contributed by atoms with E-state index in [1.54, 1.807) is 31.4 Å². The molecule has 6 nitrogen and oxygen atoms in total. The molecule has 7 heteroatoms. The fourth-order valence-corrected chi connectivity index (χ4v) is 3.36. The second-order valence-corrected chi connectivity index (χ2v) is 7.68. The molecule has 140 valence electrons. The molecular formula is C19H24N2O4S. The van der Waals surface area contributed by atoms with Crippen molar-refractivity contribution in [3.05, 3.63) is 59.7 Å². The number of sulfonamides is 1. The van der Waals surface area contributed by atoms with Gasteiger partial charge in [0.25, 0.3) is 0 Å². The molecule has 0 atom stereocenters. The summed E-state index contributed by atoms with van der Waals surface area (Å²) in [4.78, 5) is 12.1. The van der Waals surface area contributed by atoms with Gasteiger partial charge in [-0.15, -0.1) is 0 Å². The van der Waals surface area contributed by atoms with Crippen LogP contribution in [0, 0.1) is 6.92 Å². The lowest BCUT2D eigenvalue weighted by Crippen LogP contribution is -2.34. The van der Waals surface area contributed by atoms with Gasteiger partial charge in [-0.05, 0) is 43.2 Å². The van der Waals surface area contributed by atoms with Crippen LogP contribution >= 0.6 is 0 Å². The summed E-state index contributed by atoms with van der Waals surface area (Å²) in [6, 6.07) is 14.2. The Labute approximate surface area is 154 Å². The van der Waals surface area contributed by atoms with E-state index in [1.165, 1.54) is 0 Å². The average molecular weight is 376 g/mol. The number of hydrogen-bond acceptors (Lipinski definition) is 4. The van der Waals surface area contributed by atoms with Crippen molar-refractivity contribution in [1.82, 2.24) is 10.0 Å². The summed E-state index contributed by atoms with van der Waals surface area (Å²) < 4.78 is 31.8. The van der Waals surface area contributed by atoms with Crippen molar-refractivity contribution in [1.29, 1.82) is 0 Å². The highest BCUT2D eigenvalue weighted by Gasteiger charge is 2.12. The summed E-state index contributed by atoms with van der Waals surface area (Å²) in [5, 5.41) is 2.72. The molecule has 0 saturated heterocycles. The van der Waals surface area contributed by atoms with E-state index in [2.05, 4.69) is 10.0 Å². The molecule has 0 bridgehead atoms. The average Bonchev–Trinajstić information content (AvgIpc) is 2.64. The molecule has 0 aliphatic carbocycles. The number of ether oxygens (including phenoxy) is 1. The van der Waals surface area contributed by atoms with Crippen LogP contribution in [0.2, 0.25) is 0 Å². The summed E-state index contributed by atoms with van der Waals surface area (Å²) in [5.41, 5.74) is 2.04. The van der Waals surface area contributed by atoms with E-state index in [4.69, 9.17) is 4.74 Å². The largest absolute Gasteiger partial charge is 0.497 e. The Bertz CT molecular complexity index is 816. The number of amides is 1. The quantitative estimate of drug-likeness (QED) is 0.656. The number of aryl methyl sites for hydroxylation is 2. The zero-order valence-corrected chi connectivity index (χ0v) is 15.8. The van der Waals surface area contributed by atoms with E-state index in [0.29, 0.717) is 12.8 Å². The first kappa shape index (κ1) is 19.9. The molecule has 0 fully saturated rings. The highest BCUT2D eigenvalue weighted by atomic mass is 32.2. The molecule has 0 unspecified atom stereocenters. The van der Waals surface area contributed by atoms with Gasteiger partial charge in [0, 0.05) is 19.5 Å². The Morgan fingerprint density at radius 2 is 1.65 bits per heavy atom. The Morgan fingerprint density at radius 3 is 2.27 bits per heavy atom. The molecule has 26 heavy (non-hydrogen) atoms. The molecular weight excluding hydrogens is 352 g/mol. The molecule has 2 N–H and O–H groups in total. The van der Waals surface area contributed by atoms with E-state index in [9.17, 15) is 13.2 Å². The monoisotopic (exact) mass is 376 g/mol. The van der Waals surface area contributed by atoms with Gasteiger partial charge < -0.3 is 10.1 Å². The number of methoxy groups -OCH3 is 1. The minimum atomic E-state index is -3.55. The molecule has 0 spiro atoms. The third kappa shape index (κ3) is 6.16. The summed E-state index contributed by atoms with van der Waals surface area (Å²) in [5.74, 6) is 0.661. The Morgan fingerprint density at radius 1 is 1.00 bits per heavy atom. The summed E-state index contributed by atoms with van der Waals surface area (Å²) in [6.07, 6.45) is 0.960. The highest BCUT2D eigenvalue weighted by molar-refractivity contribution is 7.89. The van der Waals surface area contributed by atoms with Crippen molar-refractivity contribution in [2.24, 2.45) is 0 Å². The van der Waals surface area contributed by atoms with E-state index in [-0.39, 0.29) is 23.9 Å². The lowest BCUT2D eigenvalue weighted by atomic mass is 10.1. The molecule has 1 amide bonds. The fourth-order valence-electron chi connectivity index (χ4n) is 2.33. The SMILES string of the molecule is COc1ccc(CCC(=O)NCCNS(=O)(=O)c2ccc(C)cc2)cc1. The van der Waals surface area contributed by atoms with Gasteiger partial charge in [0.2, 0.25) is 15.9 Å².